The number of aliphatic hydroxyl groups is 1. The highest BCUT2D eigenvalue weighted by atomic mass is 16.6. The van der Waals surface area contributed by atoms with Crippen LogP contribution < -0.4 is 0 Å². The van der Waals surface area contributed by atoms with Gasteiger partial charge in [-0.25, -0.2) is 4.79 Å². The third kappa shape index (κ3) is 5.09. The second kappa shape index (κ2) is 5.97. The van der Waals surface area contributed by atoms with E-state index in [1.807, 2.05) is 13.8 Å². The van der Waals surface area contributed by atoms with Gasteiger partial charge >= 0.3 is 5.97 Å². The van der Waals surface area contributed by atoms with Gasteiger partial charge in [-0.2, -0.15) is 0 Å². The van der Waals surface area contributed by atoms with Crippen LogP contribution in [-0.2, 0) is 14.3 Å². The summed E-state index contributed by atoms with van der Waals surface area (Å²) in [5.41, 5.74) is 0. The van der Waals surface area contributed by atoms with Crippen LogP contribution in [0.3, 0.4) is 0 Å². The van der Waals surface area contributed by atoms with Crippen molar-refractivity contribution in [2.24, 2.45) is 0 Å². The standard InChI is InChI=1S/C8H16O4/c1-4-11-8(10)7(9)5-12-6(2)3/h6-7,9H,4-5H2,1-3H3. The molecule has 0 aromatic heterocycles. The molecule has 1 atom stereocenters. The van der Waals surface area contributed by atoms with Gasteiger partial charge < -0.3 is 14.6 Å². The lowest BCUT2D eigenvalue weighted by atomic mass is 10.4. The van der Waals surface area contributed by atoms with Crippen molar-refractivity contribution < 1.29 is 19.4 Å². The minimum atomic E-state index is -1.16. The number of ether oxygens (including phenoxy) is 2. The van der Waals surface area contributed by atoms with Crippen LogP contribution >= 0.6 is 0 Å². The molecule has 1 N–H and O–H groups in total. The third-order valence-electron chi connectivity index (χ3n) is 1.15. The Morgan fingerprint density at radius 2 is 2.08 bits per heavy atom. The van der Waals surface area contributed by atoms with Gasteiger partial charge in [-0.3, -0.25) is 0 Å². The van der Waals surface area contributed by atoms with Crippen LogP contribution in [0, 0.1) is 0 Å². The summed E-state index contributed by atoms with van der Waals surface area (Å²) in [6.07, 6.45) is -1.15. The first-order valence-electron chi connectivity index (χ1n) is 4.04. The van der Waals surface area contributed by atoms with Crippen LogP contribution in [0.4, 0.5) is 0 Å². The lowest BCUT2D eigenvalue weighted by Gasteiger charge is -2.11. The van der Waals surface area contributed by atoms with Crippen molar-refractivity contribution in [2.45, 2.75) is 33.0 Å². The summed E-state index contributed by atoms with van der Waals surface area (Å²) in [5.74, 6) is -0.627. The van der Waals surface area contributed by atoms with E-state index in [4.69, 9.17) is 9.84 Å². The molecule has 0 aromatic rings. The Labute approximate surface area is 72.5 Å². The van der Waals surface area contributed by atoms with E-state index in [9.17, 15) is 4.79 Å². The molecule has 12 heavy (non-hydrogen) atoms. The summed E-state index contributed by atoms with van der Waals surface area (Å²) in [5, 5.41) is 9.10. The van der Waals surface area contributed by atoms with E-state index in [1.54, 1.807) is 6.92 Å². The fraction of sp³-hybridized carbons (Fsp3) is 0.875. The van der Waals surface area contributed by atoms with E-state index < -0.39 is 12.1 Å². The Hall–Kier alpha value is -0.610. The number of esters is 1. The zero-order valence-electron chi connectivity index (χ0n) is 7.74. The smallest absolute Gasteiger partial charge is 0.337 e. The quantitative estimate of drug-likeness (QED) is 0.613. The number of hydrogen-bond donors (Lipinski definition) is 1. The summed E-state index contributed by atoms with van der Waals surface area (Å²) in [6, 6.07) is 0. The van der Waals surface area contributed by atoms with Gasteiger partial charge in [-0.15, -0.1) is 0 Å². The largest absolute Gasteiger partial charge is 0.464 e. The maximum absolute atomic E-state index is 10.8. The van der Waals surface area contributed by atoms with E-state index in [2.05, 4.69) is 4.74 Å². The molecule has 0 saturated carbocycles. The molecule has 1 unspecified atom stereocenters. The molecule has 0 aromatic carbocycles. The van der Waals surface area contributed by atoms with Crippen molar-refractivity contribution in [2.75, 3.05) is 13.2 Å². The van der Waals surface area contributed by atoms with E-state index >= 15 is 0 Å². The zero-order chi connectivity index (χ0) is 9.56. The molecule has 4 heteroatoms. The van der Waals surface area contributed by atoms with E-state index in [-0.39, 0.29) is 19.3 Å². The van der Waals surface area contributed by atoms with Gasteiger partial charge in [0.1, 0.15) is 0 Å². The number of aliphatic hydroxyl groups excluding tert-OH is 1. The van der Waals surface area contributed by atoms with Crippen LogP contribution in [0.2, 0.25) is 0 Å². The maximum Gasteiger partial charge on any atom is 0.337 e. The summed E-state index contributed by atoms with van der Waals surface area (Å²) in [7, 11) is 0. The summed E-state index contributed by atoms with van der Waals surface area (Å²) < 4.78 is 9.59. The third-order valence-corrected chi connectivity index (χ3v) is 1.15. The molecular formula is C8H16O4. The van der Waals surface area contributed by atoms with Gasteiger partial charge in [0.05, 0.1) is 19.3 Å². The van der Waals surface area contributed by atoms with E-state index in [0.29, 0.717) is 0 Å². The highest BCUT2D eigenvalue weighted by Crippen LogP contribution is 1.94. The minimum Gasteiger partial charge on any atom is -0.464 e. The first-order valence-corrected chi connectivity index (χ1v) is 4.04. The van der Waals surface area contributed by atoms with E-state index in [1.165, 1.54) is 0 Å². The number of carbonyl (C=O) groups excluding carboxylic acids is 1. The molecule has 4 nitrogen and oxygen atoms in total. The van der Waals surface area contributed by atoms with Crippen molar-refractivity contribution >= 4 is 5.97 Å². The highest BCUT2D eigenvalue weighted by molar-refractivity contribution is 5.74. The first kappa shape index (κ1) is 11.4. The Morgan fingerprint density at radius 1 is 1.50 bits per heavy atom. The summed E-state index contributed by atoms with van der Waals surface area (Å²) in [4.78, 5) is 10.8. The van der Waals surface area contributed by atoms with Gasteiger partial charge in [-0.1, -0.05) is 0 Å². The predicted octanol–water partition coefficient (Wildman–Crippen LogP) is 0.335. The second-order valence-electron chi connectivity index (χ2n) is 2.65. The Kier molecular flexibility index (Phi) is 5.66. The molecule has 72 valence electrons. The summed E-state index contributed by atoms with van der Waals surface area (Å²) >= 11 is 0. The monoisotopic (exact) mass is 176 g/mol. The van der Waals surface area contributed by atoms with Gasteiger partial charge in [-0.05, 0) is 20.8 Å². The van der Waals surface area contributed by atoms with Crippen molar-refractivity contribution in [1.29, 1.82) is 0 Å². The molecule has 0 heterocycles. The molecule has 0 aliphatic rings. The zero-order valence-corrected chi connectivity index (χ0v) is 7.74. The SMILES string of the molecule is CCOC(=O)C(O)COC(C)C. The summed E-state index contributed by atoms with van der Waals surface area (Å²) in [6.45, 7) is 5.62. The van der Waals surface area contributed by atoms with Gasteiger partial charge in [0.25, 0.3) is 0 Å². The molecule has 0 aliphatic heterocycles. The van der Waals surface area contributed by atoms with Crippen LogP contribution in [0.25, 0.3) is 0 Å². The van der Waals surface area contributed by atoms with Crippen molar-refractivity contribution in [3.05, 3.63) is 0 Å². The maximum atomic E-state index is 10.8. The Morgan fingerprint density at radius 3 is 2.50 bits per heavy atom. The van der Waals surface area contributed by atoms with Gasteiger partial charge in [0.15, 0.2) is 6.10 Å². The topological polar surface area (TPSA) is 55.8 Å². The fourth-order valence-corrected chi connectivity index (χ4v) is 0.590. The molecule has 0 fully saturated rings. The average molecular weight is 176 g/mol. The van der Waals surface area contributed by atoms with Crippen LogP contribution in [-0.4, -0.2) is 36.5 Å². The average Bonchev–Trinajstić information content (AvgIpc) is 2.00. The van der Waals surface area contributed by atoms with Gasteiger partial charge in [0.2, 0.25) is 0 Å². The van der Waals surface area contributed by atoms with Crippen molar-refractivity contribution in [1.82, 2.24) is 0 Å². The molecule has 0 radical (unpaired) electrons. The minimum absolute atomic E-state index is 0.00347. The number of carbonyl (C=O) groups is 1. The first-order chi connectivity index (χ1) is 5.57. The van der Waals surface area contributed by atoms with Crippen molar-refractivity contribution in [3.63, 3.8) is 0 Å². The number of rotatable bonds is 5. The van der Waals surface area contributed by atoms with Gasteiger partial charge in [0, 0.05) is 0 Å². The van der Waals surface area contributed by atoms with Crippen LogP contribution in [0.5, 0.6) is 0 Å². The highest BCUT2D eigenvalue weighted by Gasteiger charge is 2.16. The lowest BCUT2D eigenvalue weighted by Crippen LogP contribution is -2.29. The van der Waals surface area contributed by atoms with Crippen molar-refractivity contribution in [3.8, 4) is 0 Å². The normalized spacial score (nSPS) is 13.1. The Bertz CT molecular complexity index is 133. The lowest BCUT2D eigenvalue weighted by molar-refractivity contribution is -0.157. The van der Waals surface area contributed by atoms with Crippen LogP contribution in [0.15, 0.2) is 0 Å². The molecule has 0 aliphatic carbocycles. The molecule has 0 rings (SSSR count). The molecule has 0 bridgehead atoms. The molecule has 0 spiro atoms. The second-order valence-corrected chi connectivity index (χ2v) is 2.65. The fourth-order valence-electron chi connectivity index (χ4n) is 0.590. The van der Waals surface area contributed by atoms with E-state index in [0.717, 1.165) is 0 Å². The van der Waals surface area contributed by atoms with Crippen LogP contribution in [0.1, 0.15) is 20.8 Å². The molecular weight excluding hydrogens is 160 g/mol. The number of hydrogen-bond acceptors (Lipinski definition) is 4. The molecule has 0 saturated heterocycles. The Balaban J connectivity index is 3.56. The predicted molar refractivity (Wildman–Crippen MR) is 43.7 cm³/mol. The molecule has 0 amide bonds.